The van der Waals surface area contributed by atoms with Crippen LogP contribution < -0.4 is 0 Å². The molecule has 1 heterocycles. The van der Waals surface area contributed by atoms with Crippen molar-refractivity contribution < 1.29 is 28.2 Å². The smallest absolute Gasteiger partial charge is 0.431 e. The molecule has 0 radical (unpaired) electrons. The van der Waals surface area contributed by atoms with Gasteiger partial charge in [-0.2, -0.15) is 23.3 Å². The highest BCUT2D eigenvalue weighted by molar-refractivity contribution is 6.30. The Morgan fingerprint density at radius 1 is 1.15 bits per heavy atom. The van der Waals surface area contributed by atoms with Crippen LogP contribution in [-0.4, -0.2) is 33.0 Å². The summed E-state index contributed by atoms with van der Waals surface area (Å²) in [7, 11) is 0. The lowest BCUT2D eigenvalue weighted by Crippen LogP contribution is -2.43. The van der Waals surface area contributed by atoms with Crippen LogP contribution in [0.25, 0.3) is 0 Å². The molecule has 0 saturated carbocycles. The van der Waals surface area contributed by atoms with Gasteiger partial charge < -0.3 is 10.2 Å². The molecule has 3 rings (SSSR count). The van der Waals surface area contributed by atoms with Crippen LogP contribution in [0.15, 0.2) is 53.6 Å². The fraction of sp³-hybridized carbons (Fsp3) is 0.176. The highest BCUT2D eigenvalue weighted by Crippen LogP contribution is 2.41. The molecule has 26 heavy (non-hydrogen) atoms. The molecule has 0 saturated heterocycles. The minimum Gasteiger partial charge on any atom is -0.507 e. The van der Waals surface area contributed by atoms with E-state index in [0.29, 0.717) is 10.0 Å². The summed E-state index contributed by atoms with van der Waals surface area (Å²) in [4.78, 5) is 12.7. The van der Waals surface area contributed by atoms with E-state index in [9.17, 15) is 28.2 Å². The van der Waals surface area contributed by atoms with Gasteiger partial charge in [0.15, 0.2) is 5.72 Å². The molecule has 0 fully saturated rings. The molecule has 0 spiro atoms. The van der Waals surface area contributed by atoms with Gasteiger partial charge in [0.05, 0.1) is 12.0 Å². The van der Waals surface area contributed by atoms with Crippen molar-refractivity contribution in [1.29, 1.82) is 0 Å². The predicted molar refractivity (Wildman–Crippen MR) is 87.7 cm³/mol. The molecule has 1 aliphatic heterocycles. The Labute approximate surface area is 150 Å². The number of benzene rings is 2. The van der Waals surface area contributed by atoms with Gasteiger partial charge in [0.1, 0.15) is 11.5 Å². The van der Waals surface area contributed by atoms with Gasteiger partial charge in [-0.05, 0) is 24.3 Å². The number of para-hydroxylation sites is 1. The van der Waals surface area contributed by atoms with E-state index >= 15 is 0 Å². The standard InChI is InChI=1S/C17H12ClF3N2O3/c18-11-7-5-10(6-8-11)16(26)9-14(17(19,20)21)22-23(16)15(25)12-3-1-2-4-13(12)24/h1-8,24,26H,9H2. The molecule has 2 N–H and O–H groups in total. The largest absolute Gasteiger partial charge is 0.507 e. The van der Waals surface area contributed by atoms with Crippen LogP contribution in [0.3, 0.4) is 0 Å². The third kappa shape index (κ3) is 3.13. The number of carbonyl (C=O) groups excluding carboxylic acids is 1. The number of amides is 1. The Morgan fingerprint density at radius 3 is 2.35 bits per heavy atom. The van der Waals surface area contributed by atoms with Crippen LogP contribution in [0.5, 0.6) is 5.75 Å². The van der Waals surface area contributed by atoms with Gasteiger partial charge >= 0.3 is 6.18 Å². The maximum Gasteiger partial charge on any atom is 0.431 e. The van der Waals surface area contributed by atoms with Crippen LogP contribution in [0.2, 0.25) is 5.02 Å². The Kier molecular flexibility index (Phi) is 4.41. The van der Waals surface area contributed by atoms with Crippen LogP contribution in [0.4, 0.5) is 13.2 Å². The second kappa shape index (κ2) is 6.30. The van der Waals surface area contributed by atoms with Crippen molar-refractivity contribution in [3.8, 4) is 5.75 Å². The number of hydrogen-bond donors (Lipinski definition) is 2. The molecule has 0 aliphatic carbocycles. The number of phenolic OH excluding ortho intramolecular Hbond substituents is 1. The number of halogens is 4. The molecule has 0 aromatic heterocycles. The number of phenols is 1. The van der Waals surface area contributed by atoms with Crippen molar-refractivity contribution in [2.45, 2.75) is 18.3 Å². The SMILES string of the molecule is O=C(c1ccccc1O)N1N=C(C(F)(F)F)CC1(O)c1ccc(Cl)cc1. The van der Waals surface area contributed by atoms with E-state index in [2.05, 4.69) is 5.10 Å². The Hall–Kier alpha value is -2.58. The van der Waals surface area contributed by atoms with Gasteiger partial charge in [0.25, 0.3) is 5.91 Å². The fourth-order valence-corrected chi connectivity index (χ4v) is 2.75. The first-order chi connectivity index (χ1) is 12.1. The minimum absolute atomic E-state index is 0.00803. The molecule has 0 bridgehead atoms. The molecule has 5 nitrogen and oxygen atoms in total. The quantitative estimate of drug-likeness (QED) is 0.830. The first kappa shape index (κ1) is 18.2. The summed E-state index contributed by atoms with van der Waals surface area (Å²) in [6.45, 7) is 0. The van der Waals surface area contributed by atoms with E-state index in [4.69, 9.17) is 11.6 Å². The normalized spacial score (nSPS) is 20.2. The molecular weight excluding hydrogens is 373 g/mol. The number of carbonyl (C=O) groups is 1. The lowest BCUT2D eigenvalue weighted by molar-refractivity contribution is -0.0816. The van der Waals surface area contributed by atoms with Crippen molar-refractivity contribution >= 4 is 23.2 Å². The summed E-state index contributed by atoms with van der Waals surface area (Å²) >= 11 is 5.78. The van der Waals surface area contributed by atoms with Crippen molar-refractivity contribution in [2.75, 3.05) is 0 Å². The van der Waals surface area contributed by atoms with E-state index in [1.165, 1.54) is 48.5 Å². The van der Waals surface area contributed by atoms with Crippen LogP contribution in [0.1, 0.15) is 22.3 Å². The van der Waals surface area contributed by atoms with Gasteiger partial charge in [-0.3, -0.25) is 4.79 Å². The first-order valence-electron chi connectivity index (χ1n) is 7.38. The maximum atomic E-state index is 13.2. The second-order valence-electron chi connectivity index (χ2n) is 5.68. The molecule has 1 aliphatic rings. The van der Waals surface area contributed by atoms with Gasteiger partial charge in [-0.25, -0.2) is 0 Å². The molecule has 1 amide bonds. The highest BCUT2D eigenvalue weighted by atomic mass is 35.5. The van der Waals surface area contributed by atoms with Crippen LogP contribution in [0, 0.1) is 0 Å². The van der Waals surface area contributed by atoms with Gasteiger partial charge in [0, 0.05) is 10.6 Å². The molecule has 9 heteroatoms. The number of hydrogen-bond acceptors (Lipinski definition) is 4. The number of nitrogens with zero attached hydrogens (tertiary/aromatic N) is 2. The third-order valence-corrected chi connectivity index (χ3v) is 4.20. The van der Waals surface area contributed by atoms with Crippen molar-refractivity contribution in [2.24, 2.45) is 5.10 Å². The summed E-state index contributed by atoms with van der Waals surface area (Å²) in [5, 5.41) is 24.7. The van der Waals surface area contributed by atoms with Gasteiger partial charge in [-0.15, -0.1) is 0 Å². The first-order valence-corrected chi connectivity index (χ1v) is 7.76. The molecule has 136 valence electrons. The number of rotatable bonds is 2. The second-order valence-corrected chi connectivity index (χ2v) is 6.12. The Morgan fingerprint density at radius 2 is 1.77 bits per heavy atom. The Bertz CT molecular complexity index is 884. The van der Waals surface area contributed by atoms with E-state index in [0.717, 1.165) is 0 Å². The van der Waals surface area contributed by atoms with E-state index in [1.807, 2.05) is 0 Å². The zero-order valence-electron chi connectivity index (χ0n) is 13.0. The molecular formula is C17H12ClF3N2O3. The zero-order valence-corrected chi connectivity index (χ0v) is 13.8. The summed E-state index contributed by atoms with van der Waals surface area (Å²) in [6, 6.07) is 10.7. The Balaban J connectivity index is 2.10. The molecule has 1 unspecified atom stereocenters. The lowest BCUT2D eigenvalue weighted by Gasteiger charge is -2.31. The van der Waals surface area contributed by atoms with E-state index in [1.54, 1.807) is 0 Å². The summed E-state index contributed by atoms with van der Waals surface area (Å²) in [5.74, 6) is -1.51. The van der Waals surface area contributed by atoms with Crippen molar-refractivity contribution in [3.05, 3.63) is 64.7 Å². The molecule has 2 aromatic rings. The van der Waals surface area contributed by atoms with Crippen molar-refractivity contribution in [3.63, 3.8) is 0 Å². The fourth-order valence-electron chi connectivity index (χ4n) is 2.63. The molecule has 1 atom stereocenters. The maximum absolute atomic E-state index is 13.2. The predicted octanol–water partition coefficient (Wildman–Crippen LogP) is 3.66. The van der Waals surface area contributed by atoms with Crippen molar-refractivity contribution in [1.82, 2.24) is 5.01 Å². The number of hydrazone groups is 1. The highest BCUT2D eigenvalue weighted by Gasteiger charge is 2.53. The summed E-state index contributed by atoms with van der Waals surface area (Å²) in [6.07, 6.45) is -5.77. The lowest BCUT2D eigenvalue weighted by atomic mass is 9.96. The number of alkyl halides is 3. The van der Waals surface area contributed by atoms with E-state index in [-0.39, 0.29) is 11.1 Å². The van der Waals surface area contributed by atoms with Gasteiger partial charge in [-0.1, -0.05) is 35.9 Å². The topological polar surface area (TPSA) is 73.1 Å². The average molecular weight is 385 g/mol. The summed E-state index contributed by atoms with van der Waals surface area (Å²) < 4.78 is 39.5. The van der Waals surface area contributed by atoms with Crippen LogP contribution in [-0.2, 0) is 5.72 Å². The van der Waals surface area contributed by atoms with E-state index < -0.39 is 35.7 Å². The summed E-state index contributed by atoms with van der Waals surface area (Å²) in [5.41, 5.74) is -3.95. The zero-order chi connectivity index (χ0) is 19.1. The average Bonchev–Trinajstić information content (AvgIpc) is 2.94. The molecule has 2 aromatic carbocycles. The van der Waals surface area contributed by atoms with Gasteiger partial charge in [0.2, 0.25) is 0 Å². The monoisotopic (exact) mass is 384 g/mol. The third-order valence-electron chi connectivity index (χ3n) is 3.95. The van der Waals surface area contributed by atoms with Crippen LogP contribution >= 0.6 is 11.6 Å². The number of aromatic hydroxyl groups is 1. The minimum atomic E-state index is -4.83. The number of aliphatic hydroxyl groups is 1.